The third kappa shape index (κ3) is 5.85. The van der Waals surface area contributed by atoms with E-state index >= 15 is 0 Å². The van der Waals surface area contributed by atoms with Crippen molar-refractivity contribution in [3.05, 3.63) is 65.1 Å². The van der Waals surface area contributed by atoms with Crippen LogP contribution in [0.5, 0.6) is 17.2 Å². The third-order valence-corrected chi connectivity index (χ3v) is 5.55. The van der Waals surface area contributed by atoms with E-state index in [1.807, 2.05) is 6.08 Å². The molecule has 0 aliphatic carbocycles. The molecule has 0 saturated carbocycles. The number of carbonyl (C=O) groups is 1. The summed E-state index contributed by atoms with van der Waals surface area (Å²) in [6.07, 6.45) is 8.86. The van der Waals surface area contributed by atoms with Crippen LogP contribution in [0.4, 0.5) is 5.69 Å². The van der Waals surface area contributed by atoms with Crippen LogP contribution in [0, 0.1) is 0 Å². The molecule has 3 aromatic rings. The number of amides is 1. The van der Waals surface area contributed by atoms with E-state index in [1.54, 1.807) is 42.7 Å². The first-order chi connectivity index (χ1) is 16.7. The number of tetrazole rings is 1. The molecular formula is C24H26ClN5O4. The Labute approximate surface area is 202 Å². The number of allylic oxidation sites excluding steroid dienone is 1. The fourth-order valence-electron chi connectivity index (χ4n) is 3.44. The van der Waals surface area contributed by atoms with Crippen LogP contribution >= 0.6 is 11.6 Å². The molecule has 2 N–H and O–H groups in total. The zero-order valence-corrected chi connectivity index (χ0v) is 19.5. The lowest BCUT2D eigenvalue weighted by Gasteiger charge is -2.26. The average Bonchev–Trinajstić information content (AvgIpc) is 3.39. The highest BCUT2D eigenvalue weighted by molar-refractivity contribution is 6.32. The molecule has 9 nitrogen and oxygen atoms in total. The lowest BCUT2D eigenvalue weighted by Crippen LogP contribution is -2.24. The molecule has 1 aliphatic rings. The van der Waals surface area contributed by atoms with Gasteiger partial charge in [0.25, 0.3) is 5.91 Å². The van der Waals surface area contributed by atoms with Gasteiger partial charge in [-0.1, -0.05) is 43.9 Å². The van der Waals surface area contributed by atoms with Crippen LogP contribution in [0.25, 0.3) is 0 Å². The molecule has 4 rings (SSSR count). The first-order valence-corrected chi connectivity index (χ1v) is 11.6. The van der Waals surface area contributed by atoms with Gasteiger partial charge in [-0.2, -0.15) is 0 Å². The van der Waals surface area contributed by atoms with Gasteiger partial charge in [0.05, 0.1) is 17.0 Å². The summed E-state index contributed by atoms with van der Waals surface area (Å²) in [6, 6.07) is 10.2. The van der Waals surface area contributed by atoms with Gasteiger partial charge in [0, 0.05) is 5.56 Å². The average molecular weight is 484 g/mol. The van der Waals surface area contributed by atoms with E-state index in [-0.39, 0.29) is 12.5 Å². The first-order valence-electron chi connectivity index (χ1n) is 11.2. The van der Waals surface area contributed by atoms with Crippen LogP contribution in [0.15, 0.2) is 48.7 Å². The predicted octanol–water partition coefficient (Wildman–Crippen LogP) is 5.48. The van der Waals surface area contributed by atoms with E-state index in [4.69, 9.17) is 25.8 Å². The number of hydrogen-bond acceptors (Lipinski definition) is 7. The molecule has 1 amide bonds. The summed E-state index contributed by atoms with van der Waals surface area (Å²) in [5.74, 6) is 1.49. The maximum absolute atomic E-state index is 12.9. The van der Waals surface area contributed by atoms with Crippen molar-refractivity contribution in [3.63, 3.8) is 0 Å². The Morgan fingerprint density at radius 2 is 2.21 bits per heavy atom. The Morgan fingerprint density at radius 3 is 3.00 bits per heavy atom. The fraction of sp³-hybridized carbons (Fsp3) is 0.333. The quantitative estimate of drug-likeness (QED) is 0.290. The Bertz CT molecular complexity index is 1140. The minimum absolute atomic E-state index is 0.242. The van der Waals surface area contributed by atoms with Gasteiger partial charge in [0.1, 0.15) is 12.4 Å². The van der Waals surface area contributed by atoms with E-state index < -0.39 is 6.10 Å². The van der Waals surface area contributed by atoms with E-state index in [1.165, 1.54) is 19.3 Å². The number of nitrogens with one attached hydrogen (secondary N) is 2. The van der Waals surface area contributed by atoms with Gasteiger partial charge >= 0.3 is 0 Å². The van der Waals surface area contributed by atoms with Gasteiger partial charge in [-0.25, -0.2) is 5.10 Å². The van der Waals surface area contributed by atoms with Crippen LogP contribution < -0.4 is 19.5 Å². The summed E-state index contributed by atoms with van der Waals surface area (Å²) in [4.78, 5) is 12.9. The highest BCUT2D eigenvalue weighted by Crippen LogP contribution is 2.41. The van der Waals surface area contributed by atoms with Crippen molar-refractivity contribution in [2.24, 2.45) is 0 Å². The molecule has 0 bridgehead atoms. The number of aromatic nitrogens is 4. The molecule has 1 unspecified atom stereocenters. The molecule has 34 heavy (non-hydrogen) atoms. The van der Waals surface area contributed by atoms with Gasteiger partial charge in [-0.3, -0.25) is 4.79 Å². The summed E-state index contributed by atoms with van der Waals surface area (Å²) in [6.45, 7) is 2.43. The number of ether oxygens (including phenoxy) is 3. The second kappa shape index (κ2) is 11.5. The van der Waals surface area contributed by atoms with Crippen LogP contribution in [0.2, 0.25) is 5.02 Å². The van der Waals surface area contributed by atoms with Crippen molar-refractivity contribution in [1.82, 2.24) is 20.6 Å². The number of aromatic amines is 1. The molecule has 0 fully saturated rings. The fourth-order valence-corrected chi connectivity index (χ4v) is 3.66. The van der Waals surface area contributed by atoms with E-state index in [0.29, 0.717) is 39.3 Å². The summed E-state index contributed by atoms with van der Waals surface area (Å²) in [5.41, 5.74) is 0.841. The number of carbonyl (C=O) groups excluding carboxylic acids is 1. The Kier molecular flexibility index (Phi) is 7.98. The van der Waals surface area contributed by atoms with Crippen LogP contribution in [-0.2, 0) is 0 Å². The number of anilines is 1. The summed E-state index contributed by atoms with van der Waals surface area (Å²) >= 11 is 6.34. The van der Waals surface area contributed by atoms with Crippen molar-refractivity contribution in [2.75, 3.05) is 11.9 Å². The second-order valence-corrected chi connectivity index (χ2v) is 8.18. The zero-order valence-electron chi connectivity index (χ0n) is 18.8. The topological polar surface area (TPSA) is 111 Å². The van der Waals surface area contributed by atoms with Crippen molar-refractivity contribution < 1.29 is 19.0 Å². The number of nitrogens with zero attached hydrogens (tertiary/aromatic N) is 3. The third-order valence-electron chi connectivity index (χ3n) is 5.25. The molecule has 0 radical (unpaired) electrons. The van der Waals surface area contributed by atoms with Gasteiger partial charge in [0.15, 0.2) is 23.4 Å². The highest BCUT2D eigenvalue weighted by Gasteiger charge is 2.28. The number of H-pyrrole nitrogens is 1. The lowest BCUT2D eigenvalue weighted by molar-refractivity contribution is 0.0856. The van der Waals surface area contributed by atoms with Crippen LogP contribution in [-0.4, -0.2) is 33.1 Å². The summed E-state index contributed by atoms with van der Waals surface area (Å²) in [7, 11) is 0. The monoisotopic (exact) mass is 483 g/mol. The maximum atomic E-state index is 12.9. The standard InChI is InChI=1S/C24H26ClN5O4/c1-2-3-4-5-6-7-13-32-19-12-11-16(14-17(19)25)24(31)26-18-9-8-10-20-22(18)34-21(15-33-20)23-27-29-30-28-23/h7-14,21H,2-6,15H2,1H3,(H,26,31)(H,27,28,29,30)/b13-7+. The predicted molar refractivity (Wildman–Crippen MR) is 127 cm³/mol. The zero-order chi connectivity index (χ0) is 23.8. The smallest absolute Gasteiger partial charge is 0.255 e. The summed E-state index contributed by atoms with van der Waals surface area (Å²) < 4.78 is 17.4. The van der Waals surface area contributed by atoms with Crippen molar-refractivity contribution >= 4 is 23.2 Å². The first kappa shape index (κ1) is 23.6. The van der Waals surface area contributed by atoms with Gasteiger partial charge in [-0.05, 0) is 59.7 Å². The maximum Gasteiger partial charge on any atom is 0.255 e. The Balaban J connectivity index is 1.39. The molecule has 0 spiro atoms. The highest BCUT2D eigenvalue weighted by atomic mass is 35.5. The number of rotatable bonds is 10. The molecule has 0 saturated heterocycles. The minimum Gasteiger partial charge on any atom is -0.485 e. The SMILES string of the molecule is CCCCCC/C=C/Oc1ccc(C(=O)Nc2cccc3c2OC(c2nnn[nH]2)CO3)cc1Cl. The normalized spacial score (nSPS) is 14.8. The number of fused-ring (bicyclic) bond motifs is 1. The molecule has 2 heterocycles. The largest absolute Gasteiger partial charge is 0.485 e. The number of halogens is 1. The number of hydrogen-bond donors (Lipinski definition) is 2. The van der Waals surface area contributed by atoms with E-state index in [2.05, 4.69) is 32.9 Å². The van der Waals surface area contributed by atoms with E-state index in [0.717, 1.165) is 12.8 Å². The molecule has 2 aromatic carbocycles. The van der Waals surface area contributed by atoms with Gasteiger partial charge in [0.2, 0.25) is 0 Å². The molecule has 10 heteroatoms. The second-order valence-electron chi connectivity index (χ2n) is 7.78. The molecular weight excluding hydrogens is 458 g/mol. The lowest BCUT2D eigenvalue weighted by atomic mass is 10.1. The van der Waals surface area contributed by atoms with E-state index in [9.17, 15) is 4.79 Å². The Hall–Kier alpha value is -3.59. The molecule has 1 atom stereocenters. The van der Waals surface area contributed by atoms with Crippen molar-refractivity contribution in [1.29, 1.82) is 0 Å². The Morgan fingerprint density at radius 1 is 1.29 bits per heavy atom. The van der Waals surface area contributed by atoms with Crippen molar-refractivity contribution in [3.8, 4) is 17.2 Å². The van der Waals surface area contributed by atoms with Crippen molar-refractivity contribution in [2.45, 2.75) is 45.1 Å². The van der Waals surface area contributed by atoms with Gasteiger partial charge < -0.3 is 19.5 Å². The van der Waals surface area contributed by atoms with Gasteiger partial charge in [-0.15, -0.1) is 5.10 Å². The minimum atomic E-state index is -0.522. The molecule has 178 valence electrons. The molecule has 1 aliphatic heterocycles. The number of para-hydroxylation sites is 1. The number of benzene rings is 2. The van der Waals surface area contributed by atoms with Crippen LogP contribution in [0.1, 0.15) is 61.3 Å². The summed E-state index contributed by atoms with van der Waals surface area (Å²) in [5, 5.41) is 16.9. The molecule has 1 aromatic heterocycles. The van der Waals surface area contributed by atoms with Crippen LogP contribution in [0.3, 0.4) is 0 Å². The number of unbranched alkanes of at least 4 members (excludes halogenated alkanes) is 4.